The summed E-state index contributed by atoms with van der Waals surface area (Å²) < 4.78 is 18.1. The average Bonchev–Trinajstić information content (AvgIpc) is 2.56. The number of hydrogen-bond donors (Lipinski definition) is 1. The van der Waals surface area contributed by atoms with Gasteiger partial charge in [0.1, 0.15) is 17.6 Å². The lowest BCUT2D eigenvalue weighted by molar-refractivity contribution is -0.150. The van der Waals surface area contributed by atoms with Crippen molar-refractivity contribution in [2.24, 2.45) is 5.73 Å². The van der Waals surface area contributed by atoms with E-state index in [4.69, 9.17) is 10.5 Å². The minimum Gasteiger partial charge on any atom is -0.497 e. The summed E-state index contributed by atoms with van der Waals surface area (Å²) in [5.74, 6) is 0.375. The van der Waals surface area contributed by atoms with Crippen molar-refractivity contribution in [2.75, 3.05) is 7.11 Å². The van der Waals surface area contributed by atoms with Crippen LogP contribution in [-0.2, 0) is 11.3 Å². The summed E-state index contributed by atoms with van der Waals surface area (Å²) >= 11 is 0. The molecule has 2 atom stereocenters. The standard InChI is InChI=1S/C17H17FN2O2/c1-22-14-8-4-12(5-9-14)16-15(19)17(21)20(16)10-11-2-6-13(18)7-3-11/h2-9,15-16H,10,19H2,1H3/t15-,16+/m1/s1. The van der Waals surface area contributed by atoms with Crippen LogP contribution >= 0.6 is 0 Å². The first-order valence-electron chi connectivity index (χ1n) is 7.04. The van der Waals surface area contributed by atoms with Crippen LogP contribution in [0.5, 0.6) is 5.75 Å². The lowest BCUT2D eigenvalue weighted by Gasteiger charge is -2.45. The summed E-state index contributed by atoms with van der Waals surface area (Å²) in [7, 11) is 1.61. The van der Waals surface area contributed by atoms with Crippen molar-refractivity contribution < 1.29 is 13.9 Å². The molecule has 3 rings (SSSR count). The third-order valence-corrected chi connectivity index (χ3v) is 3.97. The second-order valence-corrected chi connectivity index (χ2v) is 5.34. The molecule has 0 bridgehead atoms. The molecule has 22 heavy (non-hydrogen) atoms. The molecule has 1 aliphatic rings. The maximum absolute atomic E-state index is 13.0. The molecule has 0 unspecified atom stereocenters. The molecule has 1 amide bonds. The molecule has 114 valence electrons. The van der Waals surface area contributed by atoms with Crippen molar-refractivity contribution in [1.82, 2.24) is 4.90 Å². The van der Waals surface area contributed by atoms with Gasteiger partial charge in [-0.2, -0.15) is 0 Å². The second-order valence-electron chi connectivity index (χ2n) is 5.34. The van der Waals surface area contributed by atoms with Crippen LogP contribution in [0.2, 0.25) is 0 Å². The lowest BCUT2D eigenvalue weighted by atomic mass is 9.88. The molecule has 1 saturated heterocycles. The molecular weight excluding hydrogens is 283 g/mol. The zero-order valence-electron chi connectivity index (χ0n) is 12.2. The number of β-lactam (4-membered cyclic amide) rings is 1. The van der Waals surface area contributed by atoms with Crippen LogP contribution in [0.4, 0.5) is 4.39 Å². The molecule has 5 heteroatoms. The number of halogens is 1. The molecular formula is C17H17FN2O2. The van der Waals surface area contributed by atoms with Crippen molar-refractivity contribution in [3.05, 3.63) is 65.5 Å². The summed E-state index contributed by atoms with van der Waals surface area (Å²) in [5, 5.41) is 0. The fourth-order valence-electron chi connectivity index (χ4n) is 2.73. The van der Waals surface area contributed by atoms with E-state index in [1.165, 1.54) is 12.1 Å². The van der Waals surface area contributed by atoms with Crippen LogP contribution in [0.3, 0.4) is 0 Å². The number of carbonyl (C=O) groups is 1. The maximum Gasteiger partial charge on any atom is 0.242 e. The van der Waals surface area contributed by atoms with E-state index in [2.05, 4.69) is 0 Å². The molecule has 0 spiro atoms. The zero-order chi connectivity index (χ0) is 15.7. The highest BCUT2D eigenvalue weighted by atomic mass is 19.1. The fourth-order valence-corrected chi connectivity index (χ4v) is 2.73. The Labute approximate surface area is 128 Å². The highest BCUT2D eigenvalue weighted by Crippen LogP contribution is 2.35. The third-order valence-electron chi connectivity index (χ3n) is 3.97. The minimum atomic E-state index is -0.533. The maximum atomic E-state index is 13.0. The Bertz CT molecular complexity index is 670. The zero-order valence-corrected chi connectivity index (χ0v) is 12.2. The predicted octanol–water partition coefficient (Wildman–Crippen LogP) is 2.25. The highest BCUT2D eigenvalue weighted by Gasteiger charge is 2.45. The van der Waals surface area contributed by atoms with Crippen molar-refractivity contribution in [1.29, 1.82) is 0 Å². The average molecular weight is 300 g/mol. The summed E-state index contributed by atoms with van der Waals surface area (Å²) in [6.07, 6.45) is 0. The Morgan fingerprint density at radius 1 is 1.14 bits per heavy atom. The molecule has 1 heterocycles. The Hall–Kier alpha value is -2.40. The normalized spacial score (nSPS) is 20.7. The molecule has 1 aliphatic heterocycles. The first kappa shape index (κ1) is 14.5. The van der Waals surface area contributed by atoms with Crippen molar-refractivity contribution >= 4 is 5.91 Å². The van der Waals surface area contributed by atoms with E-state index < -0.39 is 6.04 Å². The fraction of sp³-hybridized carbons (Fsp3) is 0.235. The van der Waals surface area contributed by atoms with E-state index in [-0.39, 0.29) is 17.8 Å². The van der Waals surface area contributed by atoms with Gasteiger partial charge in [-0.3, -0.25) is 4.79 Å². The van der Waals surface area contributed by atoms with Gasteiger partial charge in [-0.15, -0.1) is 0 Å². The van der Waals surface area contributed by atoms with Crippen LogP contribution in [0.15, 0.2) is 48.5 Å². The molecule has 1 fully saturated rings. The minimum absolute atomic E-state index is 0.0925. The number of methoxy groups -OCH3 is 1. The smallest absolute Gasteiger partial charge is 0.242 e. The summed E-state index contributed by atoms with van der Waals surface area (Å²) in [6.45, 7) is 0.420. The quantitative estimate of drug-likeness (QED) is 0.881. The van der Waals surface area contributed by atoms with E-state index >= 15 is 0 Å². The van der Waals surface area contributed by atoms with Crippen LogP contribution in [-0.4, -0.2) is 24.0 Å². The largest absolute Gasteiger partial charge is 0.497 e. The number of carbonyl (C=O) groups excluding carboxylic acids is 1. The number of nitrogens with zero attached hydrogens (tertiary/aromatic N) is 1. The number of rotatable bonds is 4. The Kier molecular flexibility index (Phi) is 3.81. The summed E-state index contributed by atoms with van der Waals surface area (Å²) in [6, 6.07) is 13.0. The van der Waals surface area contributed by atoms with Crippen LogP contribution in [0, 0.1) is 5.82 Å². The van der Waals surface area contributed by atoms with Gasteiger partial charge in [0.15, 0.2) is 0 Å². The molecule has 4 nitrogen and oxygen atoms in total. The predicted molar refractivity (Wildman–Crippen MR) is 80.7 cm³/mol. The number of benzene rings is 2. The van der Waals surface area contributed by atoms with Gasteiger partial charge in [0.2, 0.25) is 5.91 Å². The monoisotopic (exact) mass is 300 g/mol. The van der Waals surface area contributed by atoms with Crippen molar-refractivity contribution in [3.8, 4) is 5.75 Å². The molecule has 2 aromatic rings. The number of hydrogen-bond acceptors (Lipinski definition) is 3. The van der Waals surface area contributed by atoms with E-state index in [0.29, 0.717) is 6.54 Å². The lowest BCUT2D eigenvalue weighted by Crippen LogP contribution is -2.62. The molecule has 0 saturated carbocycles. The highest BCUT2D eigenvalue weighted by molar-refractivity contribution is 5.89. The number of likely N-dealkylation sites (tertiary alicyclic amines) is 1. The van der Waals surface area contributed by atoms with Gasteiger partial charge in [-0.1, -0.05) is 24.3 Å². The molecule has 2 N–H and O–H groups in total. The van der Waals surface area contributed by atoms with Gasteiger partial charge in [0.25, 0.3) is 0 Å². The van der Waals surface area contributed by atoms with E-state index in [9.17, 15) is 9.18 Å². The number of ether oxygens (including phenoxy) is 1. The van der Waals surface area contributed by atoms with E-state index in [0.717, 1.165) is 16.9 Å². The SMILES string of the molecule is COc1ccc([C@H]2[C@@H](N)C(=O)N2Cc2ccc(F)cc2)cc1. The summed E-state index contributed by atoms with van der Waals surface area (Å²) in [5.41, 5.74) is 7.80. The van der Waals surface area contributed by atoms with Crippen LogP contribution < -0.4 is 10.5 Å². The first-order valence-corrected chi connectivity index (χ1v) is 7.04. The second kappa shape index (κ2) is 5.77. The van der Waals surface area contributed by atoms with Gasteiger partial charge in [-0.25, -0.2) is 4.39 Å². The van der Waals surface area contributed by atoms with Gasteiger partial charge >= 0.3 is 0 Å². The van der Waals surface area contributed by atoms with Crippen molar-refractivity contribution in [2.45, 2.75) is 18.6 Å². The van der Waals surface area contributed by atoms with Gasteiger partial charge in [-0.05, 0) is 35.4 Å². The topological polar surface area (TPSA) is 55.6 Å². The van der Waals surface area contributed by atoms with Crippen molar-refractivity contribution in [3.63, 3.8) is 0 Å². The third kappa shape index (κ3) is 2.55. The summed E-state index contributed by atoms with van der Waals surface area (Å²) in [4.78, 5) is 13.7. The molecule has 0 aromatic heterocycles. The first-order chi connectivity index (χ1) is 10.6. The Balaban J connectivity index is 1.79. The van der Waals surface area contributed by atoms with E-state index in [1.807, 2.05) is 24.3 Å². The number of nitrogens with two attached hydrogens (primary N) is 1. The van der Waals surface area contributed by atoms with Gasteiger partial charge in [0.05, 0.1) is 13.2 Å². The Morgan fingerprint density at radius 2 is 1.77 bits per heavy atom. The van der Waals surface area contributed by atoms with Crippen LogP contribution in [0.25, 0.3) is 0 Å². The Morgan fingerprint density at radius 3 is 2.36 bits per heavy atom. The molecule has 0 aliphatic carbocycles. The van der Waals surface area contributed by atoms with E-state index in [1.54, 1.807) is 24.1 Å². The van der Waals surface area contributed by atoms with Crippen LogP contribution in [0.1, 0.15) is 17.2 Å². The molecule has 0 radical (unpaired) electrons. The van der Waals surface area contributed by atoms with Gasteiger partial charge in [0, 0.05) is 6.54 Å². The van der Waals surface area contributed by atoms with Gasteiger partial charge < -0.3 is 15.4 Å². The molecule has 2 aromatic carbocycles. The number of amides is 1.